The summed E-state index contributed by atoms with van der Waals surface area (Å²) >= 11 is 0. The van der Waals surface area contributed by atoms with Gasteiger partial charge in [0.15, 0.2) is 0 Å². The van der Waals surface area contributed by atoms with Crippen molar-refractivity contribution in [3.63, 3.8) is 0 Å². The number of anilines is 3. The highest BCUT2D eigenvalue weighted by Crippen LogP contribution is 2.17. The van der Waals surface area contributed by atoms with Gasteiger partial charge in [-0.1, -0.05) is 12.1 Å². The third kappa shape index (κ3) is 4.22. The Kier molecular flexibility index (Phi) is 4.30. The molecule has 0 aliphatic rings. The maximum Gasteiger partial charge on any atom is 0.135 e. The van der Waals surface area contributed by atoms with E-state index in [0.29, 0.717) is 6.54 Å². The van der Waals surface area contributed by atoms with Crippen LogP contribution in [0.3, 0.4) is 0 Å². The first-order chi connectivity index (χ1) is 9.13. The van der Waals surface area contributed by atoms with E-state index in [9.17, 15) is 0 Å². The highest BCUT2D eigenvalue weighted by molar-refractivity contribution is 5.59. The van der Waals surface area contributed by atoms with Gasteiger partial charge in [-0.3, -0.25) is 0 Å². The molecule has 5 nitrogen and oxygen atoms in total. The zero-order chi connectivity index (χ0) is 13.7. The zero-order valence-corrected chi connectivity index (χ0v) is 11.2. The Hall–Kier alpha value is -2.14. The molecule has 1 unspecified atom stereocenters. The summed E-state index contributed by atoms with van der Waals surface area (Å²) < 4.78 is 0. The maximum absolute atomic E-state index is 5.70. The molecule has 4 N–H and O–H groups in total. The number of benzene rings is 1. The third-order valence-corrected chi connectivity index (χ3v) is 2.56. The predicted molar refractivity (Wildman–Crippen MR) is 78.6 cm³/mol. The summed E-state index contributed by atoms with van der Waals surface area (Å²) in [5.41, 5.74) is 7.91. The van der Waals surface area contributed by atoms with E-state index >= 15 is 0 Å². The van der Waals surface area contributed by atoms with Crippen LogP contribution in [-0.4, -0.2) is 22.6 Å². The van der Waals surface area contributed by atoms with Gasteiger partial charge in [0.05, 0.1) is 0 Å². The minimum Gasteiger partial charge on any atom is -0.368 e. The second-order valence-corrected chi connectivity index (χ2v) is 4.64. The van der Waals surface area contributed by atoms with Crippen LogP contribution in [0.4, 0.5) is 17.3 Å². The fourth-order valence-corrected chi connectivity index (χ4v) is 1.66. The van der Waals surface area contributed by atoms with Crippen molar-refractivity contribution in [1.29, 1.82) is 0 Å². The van der Waals surface area contributed by atoms with Crippen LogP contribution in [0.2, 0.25) is 0 Å². The van der Waals surface area contributed by atoms with Crippen molar-refractivity contribution >= 4 is 17.3 Å². The molecule has 1 heterocycles. The van der Waals surface area contributed by atoms with Gasteiger partial charge in [0, 0.05) is 24.3 Å². The number of rotatable bonds is 5. The van der Waals surface area contributed by atoms with Gasteiger partial charge >= 0.3 is 0 Å². The van der Waals surface area contributed by atoms with Crippen molar-refractivity contribution in [1.82, 2.24) is 9.97 Å². The van der Waals surface area contributed by atoms with Crippen LogP contribution in [-0.2, 0) is 0 Å². The lowest BCUT2D eigenvalue weighted by atomic mass is 10.2. The first kappa shape index (κ1) is 13.3. The first-order valence-electron chi connectivity index (χ1n) is 6.28. The van der Waals surface area contributed by atoms with E-state index in [2.05, 4.69) is 39.7 Å². The molecule has 2 rings (SSSR count). The molecule has 0 amide bonds. The molecule has 0 spiro atoms. The Bertz CT molecular complexity index is 539. The second-order valence-electron chi connectivity index (χ2n) is 4.64. The van der Waals surface area contributed by atoms with Gasteiger partial charge in [0.1, 0.15) is 18.0 Å². The summed E-state index contributed by atoms with van der Waals surface area (Å²) in [5, 5.41) is 6.42. The molecule has 1 atom stereocenters. The highest BCUT2D eigenvalue weighted by atomic mass is 15.1. The number of hydrogen-bond donors (Lipinski definition) is 3. The molecule has 0 bridgehead atoms. The van der Waals surface area contributed by atoms with E-state index in [0.717, 1.165) is 17.3 Å². The van der Waals surface area contributed by atoms with Crippen molar-refractivity contribution < 1.29 is 0 Å². The van der Waals surface area contributed by atoms with Crippen molar-refractivity contribution in [3.05, 3.63) is 42.2 Å². The molecule has 0 fully saturated rings. The summed E-state index contributed by atoms with van der Waals surface area (Å²) in [6.07, 6.45) is 1.53. The molecule has 100 valence electrons. The first-order valence-corrected chi connectivity index (χ1v) is 6.28. The van der Waals surface area contributed by atoms with Crippen LogP contribution >= 0.6 is 0 Å². The average molecular weight is 257 g/mol. The Balaban J connectivity index is 2.06. The molecular formula is C14H19N5. The van der Waals surface area contributed by atoms with Gasteiger partial charge in [-0.15, -0.1) is 0 Å². The molecule has 1 aromatic carbocycles. The summed E-state index contributed by atoms with van der Waals surface area (Å²) in [7, 11) is 0. The summed E-state index contributed by atoms with van der Waals surface area (Å²) in [6, 6.07) is 10.1. The van der Waals surface area contributed by atoms with E-state index in [4.69, 9.17) is 5.73 Å². The number of aromatic nitrogens is 2. The monoisotopic (exact) mass is 257 g/mol. The molecule has 1 aromatic heterocycles. The number of aryl methyl sites for hydroxylation is 1. The van der Waals surface area contributed by atoms with E-state index in [1.165, 1.54) is 11.9 Å². The van der Waals surface area contributed by atoms with Crippen molar-refractivity contribution in [3.8, 4) is 0 Å². The van der Waals surface area contributed by atoms with Gasteiger partial charge < -0.3 is 16.4 Å². The van der Waals surface area contributed by atoms with Crippen molar-refractivity contribution in [2.45, 2.75) is 19.9 Å². The van der Waals surface area contributed by atoms with Crippen LogP contribution in [0.1, 0.15) is 12.5 Å². The van der Waals surface area contributed by atoms with Gasteiger partial charge in [0.25, 0.3) is 0 Å². The number of nitrogens with two attached hydrogens (primary N) is 1. The van der Waals surface area contributed by atoms with Gasteiger partial charge in [0.2, 0.25) is 0 Å². The van der Waals surface area contributed by atoms with Crippen LogP contribution in [0, 0.1) is 6.92 Å². The minimum absolute atomic E-state index is 0.0862. The lowest BCUT2D eigenvalue weighted by Crippen LogP contribution is -2.25. The largest absolute Gasteiger partial charge is 0.368 e. The van der Waals surface area contributed by atoms with Gasteiger partial charge in [-0.05, 0) is 31.5 Å². The van der Waals surface area contributed by atoms with Crippen molar-refractivity contribution in [2.75, 3.05) is 17.2 Å². The topological polar surface area (TPSA) is 75.9 Å². The fourth-order valence-electron chi connectivity index (χ4n) is 1.66. The second kappa shape index (κ2) is 6.15. The van der Waals surface area contributed by atoms with E-state index in [-0.39, 0.29) is 6.04 Å². The standard InChI is InChI=1S/C14H19N5/c1-10-4-3-5-12(6-10)19-14-7-13(17-9-18-14)16-8-11(2)15/h3-7,9,11H,8,15H2,1-2H3,(H2,16,17,18,19). The zero-order valence-electron chi connectivity index (χ0n) is 11.2. The summed E-state index contributed by atoms with van der Waals surface area (Å²) in [4.78, 5) is 8.35. The Morgan fingerprint density at radius 1 is 1.21 bits per heavy atom. The molecule has 0 saturated heterocycles. The number of nitrogens with one attached hydrogen (secondary N) is 2. The smallest absolute Gasteiger partial charge is 0.135 e. The number of nitrogens with zero attached hydrogens (tertiary/aromatic N) is 2. The molecule has 0 saturated carbocycles. The lowest BCUT2D eigenvalue weighted by molar-refractivity contribution is 0.777. The van der Waals surface area contributed by atoms with Crippen LogP contribution in [0.15, 0.2) is 36.7 Å². The normalized spacial score (nSPS) is 11.9. The quantitative estimate of drug-likeness (QED) is 0.766. The Labute approximate surface area is 113 Å². The summed E-state index contributed by atoms with van der Waals surface area (Å²) in [5.74, 6) is 1.52. The SMILES string of the molecule is Cc1cccc(Nc2cc(NCC(C)N)ncn2)c1. The Morgan fingerprint density at radius 3 is 2.74 bits per heavy atom. The maximum atomic E-state index is 5.70. The molecule has 0 radical (unpaired) electrons. The molecule has 5 heteroatoms. The molecule has 0 aliphatic heterocycles. The molecule has 2 aromatic rings. The van der Waals surface area contributed by atoms with E-state index in [1.807, 2.05) is 25.1 Å². The third-order valence-electron chi connectivity index (χ3n) is 2.56. The van der Waals surface area contributed by atoms with Gasteiger partial charge in [-0.25, -0.2) is 9.97 Å². The van der Waals surface area contributed by atoms with Crippen molar-refractivity contribution in [2.24, 2.45) is 5.73 Å². The summed E-state index contributed by atoms with van der Waals surface area (Å²) in [6.45, 7) is 4.68. The van der Waals surface area contributed by atoms with Crippen LogP contribution in [0.5, 0.6) is 0 Å². The minimum atomic E-state index is 0.0862. The van der Waals surface area contributed by atoms with Gasteiger partial charge in [-0.2, -0.15) is 0 Å². The van der Waals surface area contributed by atoms with E-state index < -0.39 is 0 Å². The predicted octanol–water partition coefficient (Wildman–Crippen LogP) is 2.29. The average Bonchev–Trinajstić information content (AvgIpc) is 2.37. The molecular weight excluding hydrogens is 238 g/mol. The lowest BCUT2D eigenvalue weighted by Gasteiger charge is -2.10. The fraction of sp³-hybridized carbons (Fsp3) is 0.286. The van der Waals surface area contributed by atoms with E-state index in [1.54, 1.807) is 0 Å². The molecule has 19 heavy (non-hydrogen) atoms. The van der Waals surface area contributed by atoms with Crippen LogP contribution in [0.25, 0.3) is 0 Å². The van der Waals surface area contributed by atoms with Crippen LogP contribution < -0.4 is 16.4 Å². The Morgan fingerprint density at radius 2 is 2.00 bits per heavy atom. The molecule has 0 aliphatic carbocycles. The highest BCUT2D eigenvalue weighted by Gasteiger charge is 2.00. The number of hydrogen-bond acceptors (Lipinski definition) is 5.